The highest BCUT2D eigenvalue weighted by Crippen LogP contribution is 2.35. The predicted molar refractivity (Wildman–Crippen MR) is 109 cm³/mol. The molecule has 1 unspecified atom stereocenters. The average Bonchev–Trinajstić information content (AvgIpc) is 2.73. The SMILES string of the molecule is CC1(C(=O)N(Cc2ccccn2)c2ccccc2O)CC(=O)N=C2C=CC=CN21. The average molecular weight is 388 g/mol. The lowest BCUT2D eigenvalue weighted by Gasteiger charge is -2.44. The van der Waals surface area contributed by atoms with E-state index in [-0.39, 0.29) is 30.5 Å². The second kappa shape index (κ2) is 7.35. The van der Waals surface area contributed by atoms with Crippen molar-refractivity contribution in [2.75, 3.05) is 4.90 Å². The Morgan fingerprint density at radius 1 is 1.21 bits per heavy atom. The van der Waals surface area contributed by atoms with Crippen molar-refractivity contribution in [3.8, 4) is 5.75 Å². The number of amides is 2. The van der Waals surface area contributed by atoms with Crippen LogP contribution in [0, 0.1) is 0 Å². The molecular formula is C22H20N4O3. The van der Waals surface area contributed by atoms with Gasteiger partial charge in [-0.2, -0.15) is 4.99 Å². The van der Waals surface area contributed by atoms with Crippen molar-refractivity contribution < 1.29 is 14.7 Å². The van der Waals surface area contributed by atoms with Crippen molar-refractivity contribution in [2.24, 2.45) is 4.99 Å². The highest BCUT2D eigenvalue weighted by Gasteiger charge is 2.47. The molecular weight excluding hydrogens is 368 g/mol. The fourth-order valence-electron chi connectivity index (χ4n) is 3.57. The first-order valence-electron chi connectivity index (χ1n) is 9.25. The summed E-state index contributed by atoms with van der Waals surface area (Å²) in [5, 5.41) is 10.4. The number of para-hydroxylation sites is 2. The van der Waals surface area contributed by atoms with Crippen LogP contribution in [0.4, 0.5) is 5.69 Å². The molecule has 1 atom stereocenters. The molecule has 0 saturated heterocycles. The smallest absolute Gasteiger partial charge is 0.253 e. The van der Waals surface area contributed by atoms with E-state index in [9.17, 15) is 14.7 Å². The molecule has 0 fully saturated rings. The van der Waals surface area contributed by atoms with Crippen molar-refractivity contribution in [1.82, 2.24) is 9.88 Å². The number of benzene rings is 1. The summed E-state index contributed by atoms with van der Waals surface area (Å²) >= 11 is 0. The van der Waals surface area contributed by atoms with Gasteiger partial charge in [-0.05, 0) is 43.3 Å². The van der Waals surface area contributed by atoms with Gasteiger partial charge in [0.05, 0.1) is 24.3 Å². The van der Waals surface area contributed by atoms with Gasteiger partial charge in [-0.1, -0.05) is 24.3 Å². The molecule has 7 nitrogen and oxygen atoms in total. The molecule has 0 bridgehead atoms. The second-order valence-corrected chi connectivity index (χ2v) is 7.09. The number of phenols is 1. The molecule has 4 rings (SSSR count). The van der Waals surface area contributed by atoms with Gasteiger partial charge in [0.15, 0.2) is 0 Å². The Morgan fingerprint density at radius 2 is 2.00 bits per heavy atom. The molecule has 2 amide bonds. The van der Waals surface area contributed by atoms with E-state index in [2.05, 4.69) is 9.98 Å². The van der Waals surface area contributed by atoms with Crippen LogP contribution in [0.1, 0.15) is 19.0 Å². The quantitative estimate of drug-likeness (QED) is 0.870. The molecule has 0 radical (unpaired) electrons. The molecule has 29 heavy (non-hydrogen) atoms. The summed E-state index contributed by atoms with van der Waals surface area (Å²) in [5.41, 5.74) is -0.165. The number of carbonyl (C=O) groups is 2. The Balaban J connectivity index is 1.78. The fraction of sp³-hybridized carbons (Fsp3) is 0.182. The number of phenolic OH excluding ortho intramolecular Hbond substituents is 1. The number of anilines is 1. The monoisotopic (exact) mass is 388 g/mol. The lowest BCUT2D eigenvalue weighted by molar-refractivity contribution is -0.132. The molecule has 3 heterocycles. The molecule has 146 valence electrons. The van der Waals surface area contributed by atoms with E-state index in [1.165, 1.54) is 11.0 Å². The van der Waals surface area contributed by atoms with Gasteiger partial charge in [0, 0.05) is 12.4 Å². The molecule has 2 aliphatic rings. The van der Waals surface area contributed by atoms with Gasteiger partial charge in [-0.25, -0.2) is 0 Å². The highest BCUT2D eigenvalue weighted by molar-refractivity contribution is 6.12. The zero-order valence-corrected chi connectivity index (χ0v) is 15.9. The highest BCUT2D eigenvalue weighted by atomic mass is 16.3. The molecule has 0 aliphatic carbocycles. The van der Waals surface area contributed by atoms with Crippen molar-refractivity contribution in [2.45, 2.75) is 25.4 Å². The zero-order chi connectivity index (χ0) is 20.4. The first-order chi connectivity index (χ1) is 14.0. The summed E-state index contributed by atoms with van der Waals surface area (Å²) in [7, 11) is 0. The molecule has 0 spiro atoms. The van der Waals surface area contributed by atoms with Gasteiger partial charge >= 0.3 is 0 Å². The maximum Gasteiger partial charge on any atom is 0.253 e. The Labute approximate surface area is 168 Å². The Hall–Kier alpha value is -3.74. The lowest BCUT2D eigenvalue weighted by Crippen LogP contribution is -2.60. The minimum Gasteiger partial charge on any atom is -0.506 e. The number of fused-ring (bicyclic) bond motifs is 1. The molecule has 1 aromatic carbocycles. The van der Waals surface area contributed by atoms with Gasteiger partial charge in [0.25, 0.3) is 11.8 Å². The van der Waals surface area contributed by atoms with E-state index >= 15 is 0 Å². The van der Waals surface area contributed by atoms with Crippen LogP contribution in [0.15, 0.2) is 78.1 Å². The molecule has 1 N–H and O–H groups in total. The van der Waals surface area contributed by atoms with E-state index in [0.717, 1.165) is 0 Å². The molecule has 0 saturated carbocycles. The third kappa shape index (κ3) is 3.42. The summed E-state index contributed by atoms with van der Waals surface area (Å²) in [5.74, 6) is -0.285. The summed E-state index contributed by atoms with van der Waals surface area (Å²) in [6, 6.07) is 12.1. The first kappa shape index (κ1) is 18.6. The Bertz CT molecular complexity index is 1050. The third-order valence-corrected chi connectivity index (χ3v) is 5.03. The van der Waals surface area contributed by atoms with Crippen molar-refractivity contribution in [3.05, 3.63) is 78.8 Å². The number of hydrogen-bond donors (Lipinski definition) is 1. The fourth-order valence-corrected chi connectivity index (χ4v) is 3.57. The maximum atomic E-state index is 13.9. The minimum absolute atomic E-state index is 0.0227. The number of carbonyl (C=O) groups excluding carboxylic acids is 2. The number of nitrogens with zero attached hydrogens (tertiary/aromatic N) is 4. The van der Waals surface area contributed by atoms with Gasteiger partial charge in [-0.15, -0.1) is 0 Å². The third-order valence-electron chi connectivity index (χ3n) is 5.03. The van der Waals surface area contributed by atoms with Crippen LogP contribution < -0.4 is 4.90 Å². The number of aliphatic imine (C=N–C) groups is 1. The van der Waals surface area contributed by atoms with Crippen LogP contribution in [0.2, 0.25) is 0 Å². The van der Waals surface area contributed by atoms with E-state index in [1.54, 1.807) is 66.7 Å². The number of hydrogen-bond acceptors (Lipinski definition) is 5. The van der Waals surface area contributed by atoms with Gasteiger partial charge < -0.3 is 14.9 Å². The first-order valence-corrected chi connectivity index (χ1v) is 9.25. The second-order valence-electron chi connectivity index (χ2n) is 7.09. The number of amidine groups is 1. The molecule has 2 aromatic rings. The lowest BCUT2D eigenvalue weighted by atomic mass is 9.90. The van der Waals surface area contributed by atoms with Gasteiger partial charge in [0.1, 0.15) is 17.1 Å². The normalized spacial score (nSPS) is 20.2. The zero-order valence-electron chi connectivity index (χ0n) is 15.9. The summed E-state index contributed by atoms with van der Waals surface area (Å²) in [4.78, 5) is 37.7. The summed E-state index contributed by atoms with van der Waals surface area (Å²) in [6.45, 7) is 1.87. The number of allylic oxidation sites excluding steroid dienone is 2. The van der Waals surface area contributed by atoms with Crippen LogP contribution in [0.25, 0.3) is 0 Å². The number of rotatable bonds is 4. The largest absolute Gasteiger partial charge is 0.506 e. The van der Waals surface area contributed by atoms with E-state index in [1.807, 2.05) is 12.1 Å². The van der Waals surface area contributed by atoms with E-state index in [4.69, 9.17) is 0 Å². The van der Waals surface area contributed by atoms with Crippen LogP contribution in [-0.4, -0.2) is 38.2 Å². The number of aromatic nitrogens is 1. The summed E-state index contributed by atoms with van der Waals surface area (Å²) in [6.07, 6.45) is 8.59. The Kier molecular flexibility index (Phi) is 4.72. The minimum atomic E-state index is -1.19. The molecule has 7 heteroatoms. The van der Waals surface area contributed by atoms with Crippen molar-refractivity contribution >= 4 is 23.3 Å². The maximum absolute atomic E-state index is 13.9. The van der Waals surface area contributed by atoms with E-state index < -0.39 is 5.54 Å². The van der Waals surface area contributed by atoms with Crippen LogP contribution in [0.5, 0.6) is 5.75 Å². The number of aromatic hydroxyl groups is 1. The van der Waals surface area contributed by atoms with Crippen LogP contribution in [0.3, 0.4) is 0 Å². The Morgan fingerprint density at radius 3 is 2.76 bits per heavy atom. The van der Waals surface area contributed by atoms with Crippen molar-refractivity contribution in [1.29, 1.82) is 0 Å². The molecule has 1 aromatic heterocycles. The van der Waals surface area contributed by atoms with Gasteiger partial charge in [-0.3, -0.25) is 14.6 Å². The van der Waals surface area contributed by atoms with Gasteiger partial charge in [0.2, 0.25) is 0 Å². The predicted octanol–water partition coefficient (Wildman–Crippen LogP) is 2.79. The standard InChI is InChI=1S/C22H20N4O3/c1-22(14-20(28)24-19-11-5-7-13-26(19)22)21(29)25(15-16-8-4-6-12-23-16)17-9-2-3-10-18(17)27/h2-13,27H,14-15H2,1H3. The van der Waals surface area contributed by atoms with Crippen LogP contribution >= 0.6 is 0 Å². The molecule has 2 aliphatic heterocycles. The number of pyridine rings is 1. The van der Waals surface area contributed by atoms with Crippen molar-refractivity contribution in [3.63, 3.8) is 0 Å². The summed E-state index contributed by atoms with van der Waals surface area (Å²) < 4.78 is 0. The van der Waals surface area contributed by atoms with Crippen LogP contribution in [-0.2, 0) is 16.1 Å². The van der Waals surface area contributed by atoms with E-state index in [0.29, 0.717) is 17.2 Å². The topological polar surface area (TPSA) is 86.1 Å².